The van der Waals surface area contributed by atoms with Crippen molar-refractivity contribution in [2.24, 2.45) is 0 Å². The molecule has 0 saturated heterocycles. The number of nitrogens with one attached hydrogen (secondary N) is 2. The molecule has 0 spiro atoms. The minimum absolute atomic E-state index is 0. The van der Waals surface area contributed by atoms with Gasteiger partial charge in [0, 0.05) is 24.5 Å². The van der Waals surface area contributed by atoms with Crippen LogP contribution in [0.25, 0.3) is 11.4 Å². The minimum atomic E-state index is -3.60. The highest BCUT2D eigenvalue weighted by Crippen LogP contribution is 2.28. The van der Waals surface area contributed by atoms with E-state index in [-0.39, 0.29) is 30.3 Å². The third-order valence-electron chi connectivity index (χ3n) is 5.16. The quantitative estimate of drug-likeness (QED) is 0.201. The monoisotopic (exact) mass is 518 g/mol. The van der Waals surface area contributed by atoms with Crippen molar-refractivity contribution in [1.29, 1.82) is 0 Å². The van der Waals surface area contributed by atoms with Crippen molar-refractivity contribution in [2.45, 2.75) is 17.9 Å². The largest absolute Gasteiger partial charge is 0.468 e. The first-order valence-corrected chi connectivity index (χ1v) is 11.7. The highest BCUT2D eigenvalue weighted by atomic mass is 35.5. The Bertz CT molecular complexity index is 1320. The Balaban J connectivity index is 0.000000638. The fraction of sp³-hybridized carbons (Fsp3) is 0.130. The molecule has 3 heterocycles. The van der Waals surface area contributed by atoms with E-state index in [1.807, 2.05) is 30.3 Å². The van der Waals surface area contributed by atoms with Gasteiger partial charge in [0.05, 0.1) is 17.7 Å². The lowest BCUT2D eigenvalue weighted by Crippen LogP contribution is -2.35. The number of ether oxygens (including phenoxy) is 1. The summed E-state index contributed by atoms with van der Waals surface area (Å²) in [4.78, 5) is 16.3. The molecular weight excluding hydrogens is 496 g/mol. The van der Waals surface area contributed by atoms with Gasteiger partial charge in [-0.25, -0.2) is 18.9 Å². The molecule has 0 aliphatic carbocycles. The zero-order valence-corrected chi connectivity index (χ0v) is 20.0. The number of carbonyl (C=O) groups is 1. The van der Waals surface area contributed by atoms with Gasteiger partial charge in [0.25, 0.3) is 0 Å². The molecule has 0 saturated carbocycles. The number of halogens is 1. The number of hydroxylamine groups is 1. The van der Waals surface area contributed by atoms with Crippen LogP contribution in [-0.4, -0.2) is 40.9 Å². The van der Waals surface area contributed by atoms with Crippen molar-refractivity contribution in [1.82, 2.24) is 19.8 Å². The summed E-state index contributed by atoms with van der Waals surface area (Å²) in [6.07, 6.45) is 5.91. The van der Waals surface area contributed by atoms with Gasteiger partial charge in [0.2, 0.25) is 16.4 Å². The van der Waals surface area contributed by atoms with E-state index in [4.69, 9.17) is 19.2 Å². The van der Waals surface area contributed by atoms with Gasteiger partial charge in [-0.1, -0.05) is 0 Å². The standard InChI is InChI=1S/C22H19N3O4S.CH3NO2.ClH/c26-30(27,25-13-9-16-10-14-28-21(16)15-25)20-7-5-19(6-8-20)29-18-3-1-17(2-4-18)22-23-11-12-24-22;3-1-2-4;/h1-8,10-12,14H,9,13,15H2,(H,23,24);1,4H,(H,2,3);1H. The Labute approximate surface area is 208 Å². The molecule has 1 aliphatic heterocycles. The Morgan fingerprint density at radius 2 is 1.74 bits per heavy atom. The molecule has 184 valence electrons. The fourth-order valence-corrected chi connectivity index (χ4v) is 4.88. The summed E-state index contributed by atoms with van der Waals surface area (Å²) in [6, 6.07) is 15.9. The van der Waals surface area contributed by atoms with E-state index < -0.39 is 10.0 Å². The van der Waals surface area contributed by atoms with E-state index >= 15 is 0 Å². The Hall–Kier alpha value is -3.64. The van der Waals surface area contributed by atoms with E-state index in [0.717, 1.165) is 17.0 Å². The number of benzene rings is 2. The van der Waals surface area contributed by atoms with Gasteiger partial charge in [-0.05, 0) is 66.6 Å². The number of rotatable bonds is 6. The van der Waals surface area contributed by atoms with Crippen molar-refractivity contribution in [2.75, 3.05) is 6.54 Å². The number of hydrogen-bond acceptors (Lipinski definition) is 7. The summed E-state index contributed by atoms with van der Waals surface area (Å²) < 4.78 is 38.6. The van der Waals surface area contributed by atoms with Crippen LogP contribution < -0.4 is 10.2 Å². The smallest absolute Gasteiger partial charge is 0.243 e. The SMILES string of the molecule is Cl.O=CNO.O=S(=O)(c1ccc(Oc2ccc(-c3ncc[nH]3)cc2)cc1)N1CCc2ccoc2C1. The predicted octanol–water partition coefficient (Wildman–Crippen LogP) is 3.75. The van der Waals surface area contributed by atoms with E-state index in [1.54, 1.807) is 42.9 Å². The summed E-state index contributed by atoms with van der Waals surface area (Å²) in [6.45, 7) is 0.695. The van der Waals surface area contributed by atoms with E-state index in [9.17, 15) is 8.42 Å². The third-order valence-corrected chi connectivity index (χ3v) is 7.02. The molecule has 5 rings (SSSR count). The number of imidazole rings is 1. The molecule has 0 unspecified atom stereocenters. The van der Waals surface area contributed by atoms with Crippen molar-refractivity contribution >= 4 is 28.8 Å². The van der Waals surface area contributed by atoms with Crippen molar-refractivity contribution in [3.63, 3.8) is 0 Å². The molecule has 4 aromatic rings. The molecule has 12 heteroatoms. The highest BCUT2D eigenvalue weighted by molar-refractivity contribution is 7.89. The molecular formula is C23H23ClN4O6S. The van der Waals surface area contributed by atoms with Crippen LogP contribution in [0.4, 0.5) is 0 Å². The van der Waals surface area contributed by atoms with Gasteiger partial charge in [-0.2, -0.15) is 4.31 Å². The summed E-state index contributed by atoms with van der Waals surface area (Å²) in [7, 11) is -3.60. The molecule has 2 aromatic heterocycles. The number of hydrogen-bond donors (Lipinski definition) is 3. The molecule has 0 fully saturated rings. The minimum Gasteiger partial charge on any atom is -0.468 e. The second kappa shape index (κ2) is 11.7. The van der Waals surface area contributed by atoms with Crippen LogP contribution in [-0.2, 0) is 27.8 Å². The lowest BCUT2D eigenvalue weighted by molar-refractivity contribution is -0.116. The molecule has 0 atom stereocenters. The molecule has 0 radical (unpaired) electrons. The average Bonchev–Trinajstić information content (AvgIpc) is 3.57. The lowest BCUT2D eigenvalue weighted by Gasteiger charge is -2.25. The fourth-order valence-electron chi connectivity index (χ4n) is 3.49. The maximum absolute atomic E-state index is 13.0. The number of sulfonamides is 1. The summed E-state index contributed by atoms with van der Waals surface area (Å²) in [5.74, 6) is 2.72. The summed E-state index contributed by atoms with van der Waals surface area (Å²) in [5.41, 5.74) is 3.28. The molecule has 0 bridgehead atoms. The maximum Gasteiger partial charge on any atom is 0.243 e. The number of aromatic nitrogens is 2. The molecule has 2 aromatic carbocycles. The van der Waals surface area contributed by atoms with Crippen molar-refractivity contribution < 1.29 is 27.6 Å². The average molecular weight is 519 g/mol. The molecule has 1 aliphatic rings. The molecule has 10 nitrogen and oxygen atoms in total. The van der Waals surface area contributed by atoms with Crippen molar-refractivity contribution in [3.8, 4) is 22.9 Å². The number of nitrogens with zero attached hydrogens (tertiary/aromatic N) is 2. The van der Waals surface area contributed by atoms with Crippen LogP contribution in [0.5, 0.6) is 11.5 Å². The first-order chi connectivity index (χ1) is 16.5. The second-order valence-electron chi connectivity index (χ2n) is 7.24. The summed E-state index contributed by atoms with van der Waals surface area (Å²) in [5, 5.41) is 7.26. The zero-order chi connectivity index (χ0) is 24.0. The number of carbonyl (C=O) groups excluding carboxylic acids is 1. The van der Waals surface area contributed by atoms with Crippen LogP contribution in [0.3, 0.4) is 0 Å². The molecule has 3 N–H and O–H groups in total. The van der Waals surface area contributed by atoms with Crippen LogP contribution in [0.2, 0.25) is 0 Å². The van der Waals surface area contributed by atoms with E-state index in [0.29, 0.717) is 30.2 Å². The van der Waals surface area contributed by atoms with Crippen molar-refractivity contribution in [3.05, 3.63) is 84.6 Å². The number of aromatic amines is 1. The number of H-pyrrole nitrogens is 1. The van der Waals surface area contributed by atoms with Gasteiger partial charge < -0.3 is 14.1 Å². The molecule has 1 amide bonds. The topological polar surface area (TPSA) is 138 Å². The second-order valence-corrected chi connectivity index (χ2v) is 9.18. The number of furan rings is 1. The van der Waals surface area contributed by atoms with Gasteiger partial charge in [0.15, 0.2) is 0 Å². The Morgan fingerprint density at radius 1 is 1.09 bits per heavy atom. The predicted molar refractivity (Wildman–Crippen MR) is 129 cm³/mol. The van der Waals surface area contributed by atoms with Crippen LogP contribution in [0.1, 0.15) is 11.3 Å². The van der Waals surface area contributed by atoms with E-state index in [1.165, 1.54) is 9.79 Å². The third kappa shape index (κ3) is 6.08. The van der Waals surface area contributed by atoms with Crippen LogP contribution >= 0.6 is 12.4 Å². The Kier molecular flexibility index (Phi) is 8.66. The normalized spacial score (nSPS) is 12.9. The van der Waals surface area contributed by atoms with Crippen LogP contribution in [0, 0.1) is 0 Å². The first kappa shape index (κ1) is 26.0. The van der Waals surface area contributed by atoms with E-state index in [2.05, 4.69) is 9.97 Å². The number of amides is 1. The van der Waals surface area contributed by atoms with Gasteiger partial charge in [0.1, 0.15) is 23.1 Å². The van der Waals surface area contributed by atoms with Gasteiger partial charge >= 0.3 is 0 Å². The number of fused-ring (bicyclic) bond motifs is 1. The lowest BCUT2D eigenvalue weighted by atomic mass is 10.1. The van der Waals surface area contributed by atoms with Gasteiger partial charge in [-0.15, -0.1) is 12.4 Å². The maximum atomic E-state index is 13.0. The zero-order valence-electron chi connectivity index (χ0n) is 18.3. The summed E-state index contributed by atoms with van der Waals surface area (Å²) >= 11 is 0. The highest BCUT2D eigenvalue weighted by Gasteiger charge is 2.29. The molecule has 35 heavy (non-hydrogen) atoms. The first-order valence-electron chi connectivity index (χ1n) is 10.3. The van der Waals surface area contributed by atoms with Crippen LogP contribution in [0.15, 0.2) is 82.6 Å². The Morgan fingerprint density at radius 3 is 2.34 bits per heavy atom. The van der Waals surface area contributed by atoms with Gasteiger partial charge in [-0.3, -0.25) is 10.0 Å².